The molecule has 0 spiro atoms. The van der Waals surface area contributed by atoms with Crippen LogP contribution in [0, 0.1) is 0 Å². The van der Waals surface area contributed by atoms with Gasteiger partial charge in [0.05, 0.1) is 17.6 Å². The third kappa shape index (κ3) is 6.30. The summed E-state index contributed by atoms with van der Waals surface area (Å²) in [5, 5.41) is 13.2. The summed E-state index contributed by atoms with van der Waals surface area (Å²) in [5.74, 6) is 0.829. The number of halogens is 2. The molecule has 3 aromatic rings. The van der Waals surface area contributed by atoms with E-state index in [-0.39, 0.29) is 10.8 Å². The van der Waals surface area contributed by atoms with Crippen LogP contribution in [-0.2, 0) is 4.79 Å². The Kier molecular flexibility index (Phi) is 7.40. The number of carbonyl (C=O) groups excluding carboxylic acids is 1. The highest BCUT2D eigenvalue weighted by atomic mass is 35.5. The van der Waals surface area contributed by atoms with Crippen molar-refractivity contribution in [1.82, 2.24) is 20.3 Å². The van der Waals surface area contributed by atoms with E-state index in [2.05, 4.69) is 30.7 Å². The van der Waals surface area contributed by atoms with E-state index in [1.807, 2.05) is 30.3 Å². The molecule has 0 saturated heterocycles. The van der Waals surface area contributed by atoms with Crippen molar-refractivity contribution in [3.8, 4) is 11.3 Å². The molecule has 0 amide bonds. The van der Waals surface area contributed by atoms with Crippen molar-refractivity contribution in [3.63, 3.8) is 0 Å². The van der Waals surface area contributed by atoms with Gasteiger partial charge < -0.3 is 10.6 Å². The van der Waals surface area contributed by atoms with Crippen LogP contribution in [0.5, 0.6) is 0 Å². The Morgan fingerprint density at radius 3 is 2.71 bits per heavy atom. The average Bonchev–Trinajstić information content (AvgIpc) is 3.65. The summed E-state index contributed by atoms with van der Waals surface area (Å²) >= 11 is 12.2. The smallest absolute Gasteiger partial charge is 0.227 e. The molecule has 174 valence electrons. The second-order valence-electron chi connectivity index (χ2n) is 7.77. The second kappa shape index (κ2) is 10.6. The van der Waals surface area contributed by atoms with Crippen LogP contribution in [0.25, 0.3) is 11.3 Å². The van der Waals surface area contributed by atoms with Gasteiger partial charge in [-0.3, -0.25) is 9.80 Å². The van der Waals surface area contributed by atoms with Crippen molar-refractivity contribution >= 4 is 52.7 Å². The molecule has 1 aromatic carbocycles. The third-order valence-electron chi connectivity index (χ3n) is 4.95. The van der Waals surface area contributed by atoms with Gasteiger partial charge in [0, 0.05) is 48.7 Å². The van der Waals surface area contributed by atoms with E-state index in [4.69, 9.17) is 23.2 Å². The van der Waals surface area contributed by atoms with Crippen LogP contribution >= 0.6 is 23.2 Å². The van der Waals surface area contributed by atoms with Crippen molar-refractivity contribution in [3.05, 3.63) is 70.6 Å². The molecule has 34 heavy (non-hydrogen) atoms. The van der Waals surface area contributed by atoms with Gasteiger partial charge in [-0.1, -0.05) is 29.3 Å². The summed E-state index contributed by atoms with van der Waals surface area (Å²) in [5.41, 5.74) is 2.86. The van der Waals surface area contributed by atoms with E-state index in [0.29, 0.717) is 28.5 Å². The number of ketones is 1. The maximum atomic E-state index is 11.7. The predicted octanol–water partition coefficient (Wildman–Crippen LogP) is 5.15. The van der Waals surface area contributed by atoms with Gasteiger partial charge in [-0.25, -0.2) is 15.0 Å². The van der Waals surface area contributed by atoms with Crippen LogP contribution in [0.15, 0.2) is 70.7 Å². The highest BCUT2D eigenvalue weighted by Crippen LogP contribution is 2.24. The fraction of sp³-hybridized carbons (Fsp3) is 0.208. The lowest BCUT2D eigenvalue weighted by molar-refractivity contribution is -0.113. The lowest BCUT2D eigenvalue weighted by atomic mass is 10.2. The van der Waals surface area contributed by atoms with Gasteiger partial charge in [-0.05, 0) is 49.2 Å². The molecular weight excluding hydrogens is 473 g/mol. The SMILES string of the molecule is CC(=O)/C(Cl)=C(\C=N/N(C)c1cc(-c2ccnc(Nc3cccc(Cl)c3)n2)ccn1)NC1CC1. The Hall–Kier alpha value is -3.49. The number of rotatable bonds is 9. The van der Waals surface area contributed by atoms with Crippen molar-refractivity contribution in [1.29, 1.82) is 0 Å². The standard InChI is InChI=1S/C24H23Cl2N7O/c1-15(34)23(26)21(30-18-6-7-18)14-29-33(2)22-12-16(8-10-27-22)20-9-11-28-24(32-20)31-19-5-3-4-17(25)13-19/h3-5,8-14,18,30H,6-7H2,1-2H3,(H,28,31,32)/b23-21-,29-14-. The molecule has 2 N–H and O–H groups in total. The topological polar surface area (TPSA) is 95.4 Å². The first-order chi connectivity index (χ1) is 16.4. The van der Waals surface area contributed by atoms with Gasteiger partial charge in [-0.2, -0.15) is 5.10 Å². The lowest BCUT2D eigenvalue weighted by Crippen LogP contribution is -2.21. The Labute approximate surface area is 207 Å². The van der Waals surface area contributed by atoms with E-state index in [1.165, 1.54) is 6.92 Å². The molecule has 0 atom stereocenters. The third-order valence-corrected chi connectivity index (χ3v) is 5.66. The molecule has 2 heterocycles. The summed E-state index contributed by atoms with van der Waals surface area (Å²) in [6.07, 6.45) is 7.01. The molecule has 0 radical (unpaired) electrons. The fourth-order valence-electron chi connectivity index (χ4n) is 3.03. The van der Waals surface area contributed by atoms with Gasteiger partial charge in [-0.15, -0.1) is 0 Å². The molecule has 4 rings (SSSR count). The molecule has 0 unspecified atom stereocenters. The summed E-state index contributed by atoms with van der Waals surface area (Å²) in [4.78, 5) is 25.0. The maximum Gasteiger partial charge on any atom is 0.227 e. The summed E-state index contributed by atoms with van der Waals surface area (Å²) < 4.78 is 0. The fourth-order valence-corrected chi connectivity index (χ4v) is 3.32. The number of allylic oxidation sites excluding steroid dienone is 2. The largest absolute Gasteiger partial charge is 0.380 e. The molecule has 1 aliphatic rings. The van der Waals surface area contributed by atoms with E-state index in [1.54, 1.807) is 42.8 Å². The van der Waals surface area contributed by atoms with E-state index in [9.17, 15) is 4.79 Å². The summed E-state index contributed by atoms with van der Waals surface area (Å²) in [6.45, 7) is 1.43. The minimum absolute atomic E-state index is 0.131. The minimum Gasteiger partial charge on any atom is -0.380 e. The molecule has 0 aliphatic heterocycles. The predicted molar refractivity (Wildman–Crippen MR) is 137 cm³/mol. The zero-order chi connectivity index (χ0) is 24.1. The monoisotopic (exact) mass is 495 g/mol. The summed E-state index contributed by atoms with van der Waals surface area (Å²) in [7, 11) is 1.77. The average molecular weight is 496 g/mol. The number of pyridine rings is 1. The number of carbonyl (C=O) groups is 1. The van der Waals surface area contributed by atoms with Crippen molar-refractivity contribution in [2.75, 3.05) is 17.4 Å². The van der Waals surface area contributed by atoms with Gasteiger partial charge in [0.25, 0.3) is 0 Å². The number of Topliss-reactive ketones (excluding diaryl/α,β-unsaturated/α-hetero) is 1. The van der Waals surface area contributed by atoms with E-state index >= 15 is 0 Å². The van der Waals surface area contributed by atoms with Crippen molar-refractivity contribution < 1.29 is 4.79 Å². The van der Waals surface area contributed by atoms with Gasteiger partial charge in [0.15, 0.2) is 5.78 Å². The van der Waals surface area contributed by atoms with E-state index < -0.39 is 0 Å². The number of aromatic nitrogens is 3. The number of nitrogens with one attached hydrogen (secondary N) is 2. The van der Waals surface area contributed by atoms with Gasteiger partial charge in [0.2, 0.25) is 5.95 Å². The van der Waals surface area contributed by atoms with Crippen LogP contribution in [0.3, 0.4) is 0 Å². The normalized spacial score (nSPS) is 14.0. The number of hydrogen-bond donors (Lipinski definition) is 2. The Balaban J connectivity index is 1.53. The zero-order valence-corrected chi connectivity index (χ0v) is 20.2. The molecule has 0 bridgehead atoms. The summed E-state index contributed by atoms with van der Waals surface area (Å²) in [6, 6.07) is 13.2. The molecule has 1 fully saturated rings. The first-order valence-corrected chi connectivity index (χ1v) is 11.4. The Bertz CT molecular complexity index is 1260. The molecule has 1 aliphatic carbocycles. The highest BCUT2D eigenvalue weighted by Gasteiger charge is 2.23. The van der Waals surface area contributed by atoms with E-state index in [0.717, 1.165) is 29.8 Å². The van der Waals surface area contributed by atoms with Gasteiger partial charge >= 0.3 is 0 Å². The molecule has 1 saturated carbocycles. The quantitative estimate of drug-likeness (QED) is 0.240. The first kappa shape index (κ1) is 23.7. The number of nitrogens with zero attached hydrogens (tertiary/aromatic N) is 5. The molecule has 2 aromatic heterocycles. The number of hydrazone groups is 1. The maximum absolute atomic E-state index is 11.7. The number of anilines is 3. The van der Waals surface area contributed by atoms with Crippen LogP contribution in [-0.4, -0.2) is 40.0 Å². The highest BCUT2D eigenvalue weighted by molar-refractivity contribution is 6.43. The number of benzene rings is 1. The molecule has 8 nitrogen and oxygen atoms in total. The van der Waals surface area contributed by atoms with Crippen LogP contribution in [0.1, 0.15) is 19.8 Å². The zero-order valence-electron chi connectivity index (χ0n) is 18.7. The van der Waals surface area contributed by atoms with Crippen LogP contribution < -0.4 is 15.6 Å². The first-order valence-electron chi connectivity index (χ1n) is 10.7. The Morgan fingerprint density at radius 2 is 1.97 bits per heavy atom. The number of hydrogen-bond acceptors (Lipinski definition) is 8. The van der Waals surface area contributed by atoms with Gasteiger partial charge in [0.1, 0.15) is 10.9 Å². The van der Waals surface area contributed by atoms with Crippen LogP contribution in [0.2, 0.25) is 5.02 Å². The van der Waals surface area contributed by atoms with Crippen LogP contribution in [0.4, 0.5) is 17.5 Å². The lowest BCUT2D eigenvalue weighted by Gasteiger charge is -2.14. The van der Waals surface area contributed by atoms with Crippen molar-refractivity contribution in [2.24, 2.45) is 5.10 Å². The molecule has 10 heteroatoms. The Morgan fingerprint density at radius 1 is 1.18 bits per heavy atom. The molecular formula is C24H23Cl2N7O. The van der Waals surface area contributed by atoms with Crippen molar-refractivity contribution in [2.45, 2.75) is 25.8 Å². The second-order valence-corrected chi connectivity index (χ2v) is 8.59. The minimum atomic E-state index is -0.218.